The average molecular weight is 527 g/mol. The first kappa shape index (κ1) is 26.9. The molecule has 37 heavy (non-hydrogen) atoms. The third-order valence-corrected chi connectivity index (χ3v) is 7.36. The predicted octanol–water partition coefficient (Wildman–Crippen LogP) is 5.33. The molecule has 4 rings (SSSR count). The second kappa shape index (κ2) is 11.5. The lowest BCUT2D eigenvalue weighted by molar-refractivity contribution is -0.120. The number of nitrogens with one attached hydrogen (secondary N) is 1. The molecule has 2 aromatic carbocycles. The summed E-state index contributed by atoms with van der Waals surface area (Å²) in [6.45, 7) is 5.57. The van der Waals surface area contributed by atoms with Crippen LogP contribution in [0.15, 0.2) is 47.4 Å². The van der Waals surface area contributed by atoms with Crippen LogP contribution < -0.4 is 15.0 Å². The van der Waals surface area contributed by atoms with Gasteiger partial charge in [-0.05, 0) is 82.3 Å². The van der Waals surface area contributed by atoms with E-state index in [9.17, 15) is 14.4 Å². The van der Waals surface area contributed by atoms with E-state index >= 15 is 0 Å². The van der Waals surface area contributed by atoms with Gasteiger partial charge in [-0.1, -0.05) is 12.1 Å². The van der Waals surface area contributed by atoms with Gasteiger partial charge in [0.2, 0.25) is 0 Å². The molecule has 0 aromatic heterocycles. The summed E-state index contributed by atoms with van der Waals surface area (Å²) in [5, 5.41) is 2.73. The van der Waals surface area contributed by atoms with E-state index < -0.39 is 23.7 Å². The molecule has 1 aliphatic heterocycles. The lowest BCUT2D eigenvalue weighted by Crippen LogP contribution is -2.50. The van der Waals surface area contributed by atoms with Crippen LogP contribution >= 0.6 is 11.8 Å². The number of hydrogen-bond acceptors (Lipinski definition) is 7. The zero-order valence-electron chi connectivity index (χ0n) is 21.7. The van der Waals surface area contributed by atoms with E-state index in [0.29, 0.717) is 17.0 Å². The van der Waals surface area contributed by atoms with Crippen molar-refractivity contribution in [3.8, 4) is 5.75 Å². The standard InChI is InChI=1S/C28H34N2O6S/c1-28(2,3)36-27(33)29-22-17-37-24-14-11-19(26(32)34-4)15-23(24)30(25(22)31)16-18-9-12-21(13-10-18)35-20-7-5-6-8-20/h9-15,20,22H,5-8,16-17H2,1-4H3,(H,29,33)/t22-/m0/s1. The predicted molar refractivity (Wildman–Crippen MR) is 142 cm³/mol. The summed E-state index contributed by atoms with van der Waals surface area (Å²) in [6.07, 6.45) is 4.16. The van der Waals surface area contributed by atoms with E-state index in [4.69, 9.17) is 14.2 Å². The second-order valence-corrected chi connectivity index (χ2v) is 11.3. The molecular formula is C28H34N2O6S. The normalized spacial score (nSPS) is 18.1. The van der Waals surface area contributed by atoms with Gasteiger partial charge in [0.05, 0.1) is 31.0 Å². The Bertz CT molecular complexity index is 1140. The van der Waals surface area contributed by atoms with Gasteiger partial charge in [-0.3, -0.25) is 4.79 Å². The number of alkyl carbamates (subject to hydrolysis) is 1. The second-order valence-electron chi connectivity index (χ2n) is 10.3. The molecule has 2 aliphatic rings. The molecule has 0 saturated heterocycles. The fourth-order valence-corrected chi connectivity index (χ4v) is 5.47. The third-order valence-electron chi connectivity index (χ3n) is 6.20. The minimum Gasteiger partial charge on any atom is -0.490 e. The Hall–Kier alpha value is -3.20. The number of rotatable bonds is 6. The van der Waals surface area contributed by atoms with Crippen LogP contribution in [0.3, 0.4) is 0 Å². The molecule has 8 nitrogen and oxygen atoms in total. The third kappa shape index (κ3) is 6.97. The van der Waals surface area contributed by atoms with Crippen LogP contribution in [0, 0.1) is 0 Å². The molecule has 1 heterocycles. The molecule has 2 aromatic rings. The topological polar surface area (TPSA) is 94.2 Å². The van der Waals surface area contributed by atoms with Crippen molar-refractivity contribution in [1.29, 1.82) is 0 Å². The molecular weight excluding hydrogens is 492 g/mol. The zero-order valence-corrected chi connectivity index (χ0v) is 22.6. The largest absolute Gasteiger partial charge is 0.490 e. The minimum atomic E-state index is -0.807. The number of amides is 2. The Morgan fingerprint density at radius 3 is 2.43 bits per heavy atom. The van der Waals surface area contributed by atoms with Crippen LogP contribution in [0.4, 0.5) is 10.5 Å². The lowest BCUT2D eigenvalue weighted by Gasteiger charge is -2.27. The summed E-state index contributed by atoms with van der Waals surface area (Å²) in [5.41, 5.74) is 1.14. The van der Waals surface area contributed by atoms with Crippen LogP contribution in [0.2, 0.25) is 0 Å². The van der Waals surface area contributed by atoms with Crippen LogP contribution in [-0.2, 0) is 20.8 Å². The summed E-state index contributed by atoms with van der Waals surface area (Å²) in [4.78, 5) is 40.9. The average Bonchev–Trinajstić information content (AvgIpc) is 3.33. The number of hydrogen-bond donors (Lipinski definition) is 1. The first-order chi connectivity index (χ1) is 17.6. The molecule has 198 valence electrons. The summed E-state index contributed by atoms with van der Waals surface area (Å²) >= 11 is 1.44. The van der Waals surface area contributed by atoms with Crippen molar-refractivity contribution < 1.29 is 28.6 Å². The van der Waals surface area contributed by atoms with Crippen LogP contribution in [0.25, 0.3) is 0 Å². The fraction of sp³-hybridized carbons (Fsp3) is 0.464. The van der Waals surface area contributed by atoms with Gasteiger partial charge in [0.15, 0.2) is 0 Å². The molecule has 0 unspecified atom stereocenters. The fourth-order valence-electron chi connectivity index (χ4n) is 4.42. The van der Waals surface area contributed by atoms with Crippen molar-refractivity contribution in [2.24, 2.45) is 0 Å². The molecule has 1 atom stereocenters. The Kier molecular flexibility index (Phi) is 8.32. The number of fused-ring (bicyclic) bond motifs is 1. The van der Waals surface area contributed by atoms with Crippen LogP contribution in [0.1, 0.15) is 62.4 Å². The molecule has 1 aliphatic carbocycles. The number of nitrogens with zero attached hydrogens (tertiary/aromatic N) is 1. The van der Waals surface area contributed by atoms with Gasteiger partial charge in [0.1, 0.15) is 17.4 Å². The molecule has 1 N–H and O–H groups in total. The van der Waals surface area contributed by atoms with Gasteiger partial charge in [-0.15, -0.1) is 11.8 Å². The number of esters is 1. The van der Waals surface area contributed by atoms with Gasteiger partial charge >= 0.3 is 12.1 Å². The van der Waals surface area contributed by atoms with Gasteiger partial charge in [0, 0.05) is 10.6 Å². The lowest BCUT2D eigenvalue weighted by atomic mass is 10.1. The maximum absolute atomic E-state index is 13.8. The summed E-state index contributed by atoms with van der Waals surface area (Å²) < 4.78 is 16.4. The summed E-state index contributed by atoms with van der Waals surface area (Å²) in [7, 11) is 1.32. The Morgan fingerprint density at radius 1 is 1.08 bits per heavy atom. The van der Waals surface area contributed by atoms with Gasteiger partial charge < -0.3 is 24.4 Å². The number of anilines is 1. The molecule has 2 amide bonds. The van der Waals surface area contributed by atoms with Crippen molar-refractivity contribution in [1.82, 2.24) is 5.32 Å². The SMILES string of the molecule is COC(=O)c1ccc2c(c1)N(Cc1ccc(OC3CCCC3)cc1)C(=O)[C@@H](NC(=O)OC(C)(C)C)CS2. The van der Waals surface area contributed by atoms with Gasteiger partial charge in [-0.25, -0.2) is 9.59 Å². The van der Waals surface area contributed by atoms with E-state index in [2.05, 4.69) is 5.32 Å². The van der Waals surface area contributed by atoms with Gasteiger partial charge in [-0.2, -0.15) is 0 Å². The number of carbonyl (C=O) groups excluding carboxylic acids is 3. The molecule has 0 radical (unpaired) electrons. The monoisotopic (exact) mass is 526 g/mol. The molecule has 0 spiro atoms. The van der Waals surface area contributed by atoms with Crippen molar-refractivity contribution in [2.45, 2.75) is 75.6 Å². The van der Waals surface area contributed by atoms with E-state index in [1.54, 1.807) is 43.9 Å². The van der Waals surface area contributed by atoms with Crippen LogP contribution in [-0.4, -0.2) is 48.6 Å². The van der Waals surface area contributed by atoms with E-state index in [1.165, 1.54) is 31.7 Å². The minimum absolute atomic E-state index is 0.257. The van der Waals surface area contributed by atoms with Crippen molar-refractivity contribution in [2.75, 3.05) is 17.8 Å². The number of ether oxygens (including phenoxy) is 3. The molecule has 1 fully saturated rings. The maximum Gasteiger partial charge on any atom is 0.408 e. The van der Waals surface area contributed by atoms with E-state index in [0.717, 1.165) is 29.1 Å². The Balaban J connectivity index is 1.60. The molecule has 0 bridgehead atoms. The number of methoxy groups -OCH3 is 1. The highest BCUT2D eigenvalue weighted by atomic mass is 32.2. The summed E-state index contributed by atoms with van der Waals surface area (Å²) in [6, 6.07) is 12.1. The number of carbonyl (C=O) groups is 3. The van der Waals surface area contributed by atoms with Crippen molar-refractivity contribution >= 4 is 35.4 Å². The van der Waals surface area contributed by atoms with Crippen molar-refractivity contribution in [3.63, 3.8) is 0 Å². The van der Waals surface area contributed by atoms with Gasteiger partial charge in [0.25, 0.3) is 5.91 Å². The first-order valence-electron chi connectivity index (χ1n) is 12.5. The van der Waals surface area contributed by atoms with Crippen molar-refractivity contribution in [3.05, 3.63) is 53.6 Å². The molecule has 9 heteroatoms. The summed E-state index contributed by atoms with van der Waals surface area (Å²) in [5.74, 6) is 0.366. The van der Waals surface area contributed by atoms with Crippen LogP contribution in [0.5, 0.6) is 5.75 Å². The maximum atomic E-state index is 13.8. The highest BCUT2D eigenvalue weighted by Gasteiger charge is 2.33. The smallest absolute Gasteiger partial charge is 0.408 e. The number of thioether (sulfide) groups is 1. The van der Waals surface area contributed by atoms with E-state index in [-0.39, 0.29) is 18.6 Å². The number of benzene rings is 2. The Morgan fingerprint density at radius 2 is 1.78 bits per heavy atom. The Labute approximate surface area is 222 Å². The molecule has 1 saturated carbocycles. The quantitative estimate of drug-likeness (QED) is 0.509. The first-order valence-corrected chi connectivity index (χ1v) is 13.5. The zero-order chi connectivity index (χ0) is 26.6. The van der Waals surface area contributed by atoms with E-state index in [1.807, 2.05) is 24.3 Å². The highest BCUT2D eigenvalue weighted by molar-refractivity contribution is 7.99. The highest BCUT2D eigenvalue weighted by Crippen LogP contribution is 2.36.